The summed E-state index contributed by atoms with van der Waals surface area (Å²) in [6.07, 6.45) is 4.85. The molecule has 2 heterocycles. The lowest BCUT2D eigenvalue weighted by atomic mass is 10.2. The van der Waals surface area contributed by atoms with Crippen LogP contribution in [0.3, 0.4) is 0 Å². The molecule has 0 atom stereocenters. The van der Waals surface area contributed by atoms with Gasteiger partial charge >= 0.3 is 0 Å². The van der Waals surface area contributed by atoms with E-state index in [0.717, 1.165) is 59.0 Å². The Labute approximate surface area is 319 Å². The van der Waals surface area contributed by atoms with E-state index in [0.29, 0.717) is 72.9 Å². The van der Waals surface area contributed by atoms with Crippen molar-refractivity contribution >= 4 is 61.4 Å². The highest BCUT2D eigenvalue weighted by molar-refractivity contribution is 6.76. The van der Waals surface area contributed by atoms with E-state index < -0.39 is 16.1 Å². The average molecular weight is 784 g/mol. The van der Waals surface area contributed by atoms with Gasteiger partial charge in [0.1, 0.15) is 48.7 Å². The van der Waals surface area contributed by atoms with Crippen LogP contribution in [-0.4, -0.2) is 61.7 Å². The van der Waals surface area contributed by atoms with E-state index in [1.165, 1.54) is 25.7 Å². The molecule has 2 aromatic heterocycles. The zero-order valence-electron chi connectivity index (χ0n) is 31.4. The Morgan fingerprint density at radius 3 is 1.52 bits per heavy atom. The summed E-state index contributed by atoms with van der Waals surface area (Å²) >= 11 is 12.2. The number of rotatable bonds is 18. The van der Waals surface area contributed by atoms with Gasteiger partial charge < -0.3 is 28.1 Å². The van der Waals surface area contributed by atoms with Crippen molar-refractivity contribution in [3.05, 3.63) is 47.0 Å². The molecule has 6 rings (SSSR count). The van der Waals surface area contributed by atoms with Crippen molar-refractivity contribution in [1.29, 1.82) is 10.5 Å². The van der Waals surface area contributed by atoms with Crippen molar-refractivity contribution in [1.82, 2.24) is 19.1 Å². The Balaban J connectivity index is 0.000000201. The van der Waals surface area contributed by atoms with Crippen LogP contribution in [0.1, 0.15) is 48.5 Å². The molecular formula is C38H52Cl2N6O4Si2. The van der Waals surface area contributed by atoms with Gasteiger partial charge in [0, 0.05) is 41.5 Å². The molecule has 280 valence electrons. The molecule has 0 radical (unpaired) electrons. The topological polar surface area (TPSA) is 120 Å². The van der Waals surface area contributed by atoms with E-state index >= 15 is 0 Å². The van der Waals surface area contributed by atoms with Crippen LogP contribution in [0.4, 0.5) is 0 Å². The van der Waals surface area contributed by atoms with Gasteiger partial charge in [-0.2, -0.15) is 10.5 Å². The lowest BCUT2D eigenvalue weighted by molar-refractivity contribution is 0.0882. The summed E-state index contributed by atoms with van der Waals surface area (Å²) in [6.45, 7) is 17.6. The van der Waals surface area contributed by atoms with Crippen LogP contribution < -0.4 is 9.47 Å². The highest BCUT2D eigenvalue weighted by Gasteiger charge is 2.24. The minimum atomic E-state index is -1.13. The standard InChI is InChI=1S/2C19H26ClN3O2Si/c1-26(2,3)7-6-24-13-23-17-8-15(11-21)18(25-12-14-4-5-14)9-16(17)22-19(23)10-20;1-26(2,3)7-6-24-13-23-17-9-18(25-12-14-4-5-14)15(11-21)8-16(17)22-19(23)10-20/h2*8-9,14H,4-7,10,12-13H2,1-3H3. The average Bonchev–Trinajstić information content (AvgIpc) is 4.04. The number of alkyl halides is 2. The number of imidazole rings is 2. The lowest BCUT2D eigenvalue weighted by Gasteiger charge is -2.16. The Morgan fingerprint density at radius 1 is 0.673 bits per heavy atom. The molecule has 4 aromatic rings. The van der Waals surface area contributed by atoms with E-state index in [4.69, 9.17) is 42.1 Å². The summed E-state index contributed by atoms with van der Waals surface area (Å²) in [7, 11) is -2.25. The number of fused-ring (bicyclic) bond motifs is 2. The summed E-state index contributed by atoms with van der Waals surface area (Å²) < 4.78 is 27.5. The van der Waals surface area contributed by atoms with Gasteiger partial charge in [-0.1, -0.05) is 39.3 Å². The van der Waals surface area contributed by atoms with E-state index in [1.807, 2.05) is 27.3 Å². The quantitative estimate of drug-likeness (QED) is 0.0556. The second-order valence-electron chi connectivity index (χ2n) is 16.3. The van der Waals surface area contributed by atoms with Gasteiger partial charge in [0.15, 0.2) is 0 Å². The first-order valence-corrected chi connectivity index (χ1v) is 26.7. The molecule has 2 saturated carbocycles. The van der Waals surface area contributed by atoms with Crippen molar-refractivity contribution in [2.45, 2.75) is 102 Å². The second kappa shape index (κ2) is 17.8. The number of hydrogen-bond acceptors (Lipinski definition) is 8. The second-order valence-corrected chi connectivity index (χ2v) is 28.1. The van der Waals surface area contributed by atoms with E-state index in [9.17, 15) is 10.5 Å². The third-order valence-electron chi connectivity index (χ3n) is 9.11. The van der Waals surface area contributed by atoms with Gasteiger partial charge in [0.05, 0.1) is 58.2 Å². The maximum absolute atomic E-state index is 9.50. The molecule has 52 heavy (non-hydrogen) atoms. The number of aromatic nitrogens is 4. The summed E-state index contributed by atoms with van der Waals surface area (Å²) in [5.41, 5.74) is 4.36. The predicted molar refractivity (Wildman–Crippen MR) is 213 cm³/mol. The first kappa shape index (κ1) is 40.1. The molecule has 2 aliphatic rings. The molecule has 2 aliphatic carbocycles. The maximum Gasteiger partial charge on any atom is 0.139 e. The fraction of sp³-hybridized carbons (Fsp3) is 0.579. The highest BCUT2D eigenvalue weighted by Crippen LogP contribution is 2.34. The molecule has 0 N–H and O–H groups in total. The SMILES string of the molecule is C[Si](C)(C)CCOCn1c(CCl)nc2cc(C#N)c(OCC3CC3)cc21.C[Si](C)(C)CCOCn1c(CCl)nc2cc(OCC3CC3)c(C#N)cc21. The Kier molecular flexibility index (Phi) is 13.7. The number of benzene rings is 2. The summed E-state index contributed by atoms with van der Waals surface area (Å²) in [5.74, 6) is 4.58. The number of hydrogen-bond donors (Lipinski definition) is 0. The zero-order valence-corrected chi connectivity index (χ0v) is 34.9. The van der Waals surface area contributed by atoms with E-state index in [2.05, 4.69) is 61.4 Å². The third-order valence-corrected chi connectivity index (χ3v) is 13.0. The van der Waals surface area contributed by atoms with Crippen molar-refractivity contribution in [2.75, 3.05) is 26.4 Å². The van der Waals surface area contributed by atoms with Crippen molar-refractivity contribution in [2.24, 2.45) is 11.8 Å². The summed E-state index contributed by atoms with van der Waals surface area (Å²) in [6, 6.07) is 14.1. The molecule has 2 aromatic carbocycles. The van der Waals surface area contributed by atoms with Crippen LogP contribution in [0.5, 0.6) is 11.5 Å². The molecule has 0 aliphatic heterocycles. The number of halogens is 2. The highest BCUT2D eigenvalue weighted by atomic mass is 35.5. The van der Waals surface area contributed by atoms with Gasteiger partial charge in [-0.05, 0) is 61.7 Å². The van der Waals surface area contributed by atoms with Crippen molar-refractivity contribution in [3.63, 3.8) is 0 Å². The van der Waals surface area contributed by atoms with E-state index in [-0.39, 0.29) is 0 Å². The lowest BCUT2D eigenvalue weighted by Crippen LogP contribution is -2.22. The van der Waals surface area contributed by atoms with Crippen LogP contribution in [0, 0.1) is 34.5 Å². The maximum atomic E-state index is 9.50. The van der Waals surface area contributed by atoms with E-state index in [1.54, 1.807) is 6.07 Å². The molecule has 0 spiro atoms. The molecule has 2 fully saturated rings. The van der Waals surface area contributed by atoms with Crippen LogP contribution in [-0.2, 0) is 34.7 Å². The molecule has 14 heteroatoms. The van der Waals surface area contributed by atoms with Gasteiger partial charge in [0.25, 0.3) is 0 Å². The van der Waals surface area contributed by atoms with Gasteiger partial charge in [-0.25, -0.2) is 9.97 Å². The van der Waals surface area contributed by atoms with Crippen LogP contribution in [0.25, 0.3) is 22.1 Å². The molecular weight excluding hydrogens is 732 g/mol. The predicted octanol–water partition coefficient (Wildman–Crippen LogP) is 9.50. The number of ether oxygens (including phenoxy) is 4. The third kappa shape index (κ3) is 11.4. The van der Waals surface area contributed by atoms with Crippen LogP contribution in [0.15, 0.2) is 24.3 Å². The van der Waals surface area contributed by atoms with Gasteiger partial charge in [-0.3, -0.25) is 0 Å². The fourth-order valence-electron chi connectivity index (χ4n) is 5.36. The van der Waals surface area contributed by atoms with Crippen molar-refractivity contribution < 1.29 is 18.9 Å². The van der Waals surface area contributed by atoms with Gasteiger partial charge in [0.2, 0.25) is 0 Å². The van der Waals surface area contributed by atoms with Crippen molar-refractivity contribution in [3.8, 4) is 23.6 Å². The molecule has 0 amide bonds. The van der Waals surface area contributed by atoms with Crippen LogP contribution >= 0.6 is 23.2 Å². The Morgan fingerprint density at radius 2 is 1.10 bits per heavy atom. The normalized spacial score (nSPS) is 14.6. The van der Waals surface area contributed by atoms with Gasteiger partial charge in [-0.15, -0.1) is 23.2 Å². The Hall–Kier alpha value is -3.11. The zero-order chi connectivity index (χ0) is 37.5. The molecule has 0 unspecified atom stereocenters. The Bertz CT molecular complexity index is 1910. The first-order valence-electron chi connectivity index (χ1n) is 18.2. The minimum Gasteiger partial charge on any atom is -0.492 e. The first-order chi connectivity index (χ1) is 24.8. The summed E-state index contributed by atoms with van der Waals surface area (Å²) in [4.78, 5) is 9.18. The minimum absolute atomic E-state index is 0.298. The largest absolute Gasteiger partial charge is 0.492 e. The molecule has 0 bridgehead atoms. The number of nitrogens with zero attached hydrogens (tertiary/aromatic N) is 6. The molecule has 10 nitrogen and oxygen atoms in total. The number of nitriles is 2. The molecule has 0 saturated heterocycles. The monoisotopic (exact) mass is 782 g/mol. The summed E-state index contributed by atoms with van der Waals surface area (Å²) in [5, 5.41) is 18.9. The van der Waals surface area contributed by atoms with Crippen LogP contribution in [0.2, 0.25) is 51.4 Å². The fourth-order valence-corrected chi connectivity index (χ4v) is 7.28. The smallest absolute Gasteiger partial charge is 0.139 e.